The van der Waals surface area contributed by atoms with E-state index in [1.165, 1.54) is 72.8 Å². The summed E-state index contributed by atoms with van der Waals surface area (Å²) in [5.74, 6) is 0. The standard InChI is InChI=1S/C44H32N4O9S3/c49-58(50,51)39-10-4-1-7-32(39)33-19-20-36(43(35-9-3-6-12-41(35)60(55,56)57)42(33)34-8-2-5-11-40(34)59(52,53)54)44-37-21-17-30(47-37)24-28-15-13-26(45-28)23-27-14-16-29(46-27)25-31-18-22-38(44)48-31/h1-25,45-48H,(H,49,50,51)(H,52,53,54)(H,55,56,57). The maximum absolute atomic E-state index is 13.3. The normalized spacial score (nSPS) is 13.0. The third-order valence-corrected chi connectivity index (χ3v) is 12.9. The summed E-state index contributed by atoms with van der Waals surface area (Å²) in [4.78, 5) is 12.0. The lowest BCUT2D eigenvalue weighted by Gasteiger charge is -2.24. The number of fused-ring (bicyclic) bond motifs is 8. The molecule has 4 aromatic heterocycles. The third kappa shape index (κ3) is 7.28. The number of nitrogens with one attached hydrogen (secondary N) is 4. The second-order valence-electron chi connectivity index (χ2n) is 14.0. The lowest BCUT2D eigenvalue weighted by Crippen LogP contribution is -2.16. The molecule has 0 aliphatic carbocycles. The van der Waals surface area contributed by atoms with Gasteiger partial charge >= 0.3 is 0 Å². The van der Waals surface area contributed by atoms with Gasteiger partial charge in [-0.1, -0.05) is 66.7 Å². The van der Waals surface area contributed by atoms with Gasteiger partial charge in [-0.05, 0) is 107 Å². The highest BCUT2D eigenvalue weighted by Gasteiger charge is 2.30. The molecular formula is C44H32N4O9S3. The van der Waals surface area contributed by atoms with E-state index in [9.17, 15) is 38.9 Å². The number of aromatic amines is 4. The van der Waals surface area contributed by atoms with Crippen molar-refractivity contribution in [1.82, 2.24) is 19.9 Å². The van der Waals surface area contributed by atoms with Gasteiger partial charge in [0.25, 0.3) is 30.4 Å². The number of aromatic nitrogens is 4. The van der Waals surface area contributed by atoms with Crippen molar-refractivity contribution >= 4 is 54.2 Å². The molecule has 9 rings (SSSR count). The van der Waals surface area contributed by atoms with E-state index in [0.717, 1.165) is 28.2 Å². The van der Waals surface area contributed by atoms with Crippen LogP contribution in [0.3, 0.4) is 0 Å². The molecule has 0 amide bonds. The first-order valence-electron chi connectivity index (χ1n) is 18.2. The average Bonchev–Trinajstić information content (AvgIpc) is 4.04. The Kier molecular flexibility index (Phi) is 9.35. The average molecular weight is 857 g/mol. The van der Waals surface area contributed by atoms with E-state index < -0.39 is 45.0 Å². The van der Waals surface area contributed by atoms with E-state index in [1.807, 2.05) is 66.8 Å². The first-order chi connectivity index (χ1) is 28.6. The van der Waals surface area contributed by atoms with Gasteiger partial charge in [0.05, 0.1) is 0 Å². The zero-order chi connectivity index (χ0) is 42.0. The molecule has 8 bridgehead atoms. The molecule has 0 saturated heterocycles. The second kappa shape index (κ2) is 14.5. The summed E-state index contributed by atoms with van der Waals surface area (Å²) >= 11 is 0. The van der Waals surface area contributed by atoms with Gasteiger partial charge in [-0.15, -0.1) is 0 Å². The maximum Gasteiger partial charge on any atom is 0.295 e. The van der Waals surface area contributed by atoms with Crippen LogP contribution in [0.5, 0.6) is 0 Å². The maximum atomic E-state index is 13.3. The minimum Gasteiger partial charge on any atom is -0.355 e. The van der Waals surface area contributed by atoms with E-state index >= 15 is 0 Å². The Balaban J connectivity index is 1.50. The molecule has 7 N–H and O–H groups in total. The molecular weight excluding hydrogens is 825 g/mol. The van der Waals surface area contributed by atoms with E-state index in [1.54, 1.807) is 6.07 Å². The van der Waals surface area contributed by atoms with E-state index in [0.29, 0.717) is 33.2 Å². The summed E-state index contributed by atoms with van der Waals surface area (Å²) in [6.45, 7) is 0. The van der Waals surface area contributed by atoms with Crippen molar-refractivity contribution in [2.75, 3.05) is 0 Å². The molecule has 300 valence electrons. The summed E-state index contributed by atoms with van der Waals surface area (Å²) in [5.41, 5.74) is 3.33. The van der Waals surface area contributed by atoms with Crippen molar-refractivity contribution in [1.29, 1.82) is 0 Å². The molecule has 0 unspecified atom stereocenters. The highest BCUT2D eigenvalue weighted by Crippen LogP contribution is 2.48. The minimum atomic E-state index is -5.01. The van der Waals surface area contributed by atoms with Gasteiger partial charge in [0.1, 0.15) is 14.7 Å². The number of benzene rings is 4. The lowest BCUT2D eigenvalue weighted by atomic mass is 9.82. The number of rotatable bonds is 7. The lowest BCUT2D eigenvalue weighted by molar-refractivity contribution is 0.481. The Morgan fingerprint density at radius 2 is 0.767 bits per heavy atom. The fourth-order valence-electron chi connectivity index (χ4n) is 7.72. The van der Waals surface area contributed by atoms with Crippen LogP contribution in [-0.4, -0.2) is 58.8 Å². The molecule has 0 spiro atoms. The molecule has 60 heavy (non-hydrogen) atoms. The van der Waals surface area contributed by atoms with Crippen molar-refractivity contribution in [2.45, 2.75) is 14.7 Å². The van der Waals surface area contributed by atoms with Crippen molar-refractivity contribution in [3.8, 4) is 33.4 Å². The highest BCUT2D eigenvalue weighted by atomic mass is 32.2. The zero-order valence-corrected chi connectivity index (χ0v) is 33.4. The van der Waals surface area contributed by atoms with Crippen LogP contribution in [0.4, 0.5) is 0 Å². The number of hydrogen-bond acceptors (Lipinski definition) is 6. The molecule has 5 heterocycles. The molecule has 13 nitrogen and oxygen atoms in total. The van der Waals surface area contributed by atoms with Crippen LogP contribution in [0.15, 0.2) is 148 Å². The molecule has 16 heteroatoms. The van der Waals surface area contributed by atoms with Crippen molar-refractivity contribution in [3.05, 3.63) is 183 Å². The van der Waals surface area contributed by atoms with Gasteiger partial charge < -0.3 is 19.9 Å². The van der Waals surface area contributed by atoms with Crippen molar-refractivity contribution in [3.63, 3.8) is 0 Å². The van der Waals surface area contributed by atoms with Gasteiger partial charge in [0.15, 0.2) is 0 Å². The predicted molar refractivity (Wildman–Crippen MR) is 226 cm³/mol. The summed E-state index contributed by atoms with van der Waals surface area (Å²) in [7, 11) is -14.9. The van der Waals surface area contributed by atoms with Gasteiger partial charge in [0, 0.05) is 66.4 Å². The van der Waals surface area contributed by atoms with Crippen LogP contribution in [0.2, 0.25) is 0 Å². The van der Waals surface area contributed by atoms with E-state index in [4.69, 9.17) is 0 Å². The predicted octanol–water partition coefficient (Wildman–Crippen LogP) is 4.79. The Morgan fingerprint density at radius 1 is 0.350 bits per heavy atom. The Labute approximate surface area is 342 Å². The topological polar surface area (TPSA) is 226 Å². The minimum absolute atomic E-state index is 0.0326. The van der Waals surface area contributed by atoms with Crippen LogP contribution < -0.4 is 21.4 Å². The fraction of sp³-hybridized carbons (Fsp3) is 0. The third-order valence-electron chi connectivity index (χ3n) is 10.1. The Bertz CT molecular complexity index is 3650. The molecule has 0 saturated carbocycles. The van der Waals surface area contributed by atoms with Gasteiger partial charge in [-0.25, -0.2) is 0 Å². The van der Waals surface area contributed by atoms with Crippen LogP contribution in [0.1, 0.15) is 28.3 Å². The van der Waals surface area contributed by atoms with Crippen molar-refractivity contribution in [2.24, 2.45) is 0 Å². The molecule has 1 aliphatic rings. The van der Waals surface area contributed by atoms with E-state index in [-0.39, 0.29) is 33.4 Å². The van der Waals surface area contributed by atoms with Crippen LogP contribution >= 0.6 is 0 Å². The van der Waals surface area contributed by atoms with Crippen LogP contribution in [0, 0.1) is 0 Å². The molecule has 8 aromatic rings. The van der Waals surface area contributed by atoms with E-state index in [2.05, 4.69) is 19.9 Å². The molecule has 0 radical (unpaired) electrons. The van der Waals surface area contributed by atoms with Gasteiger partial charge in [-0.3, -0.25) is 13.7 Å². The zero-order valence-electron chi connectivity index (χ0n) is 30.9. The monoisotopic (exact) mass is 856 g/mol. The van der Waals surface area contributed by atoms with Gasteiger partial charge in [0.2, 0.25) is 0 Å². The Morgan fingerprint density at radius 3 is 1.32 bits per heavy atom. The van der Waals surface area contributed by atoms with Gasteiger partial charge in [-0.2, -0.15) is 25.3 Å². The number of hydrogen-bond donors (Lipinski definition) is 7. The highest BCUT2D eigenvalue weighted by molar-refractivity contribution is 7.86. The van der Waals surface area contributed by atoms with Crippen LogP contribution in [-0.2, 0) is 30.4 Å². The van der Waals surface area contributed by atoms with Crippen molar-refractivity contribution < 1.29 is 38.9 Å². The summed E-state index contributed by atoms with van der Waals surface area (Å²) < 4.78 is 111. The fourth-order valence-corrected chi connectivity index (χ4v) is 9.83. The molecule has 1 aliphatic heterocycles. The molecule has 4 aromatic carbocycles. The van der Waals surface area contributed by atoms with Crippen LogP contribution in [0.25, 0.3) is 57.2 Å². The summed E-state index contributed by atoms with van der Waals surface area (Å²) in [5, 5.41) is 2.85. The second-order valence-corrected chi connectivity index (χ2v) is 18.2. The largest absolute Gasteiger partial charge is 0.355 e. The SMILES string of the molecule is O=S(=O)(O)c1ccccc1-c1ccc(C2=c3ccc([nH]3)=Cc3ccc([nH]3)C=c3ccc([nH]3)=Cc3ccc2[nH]3)c(-c2ccccc2S(=O)(=O)O)c1-c1ccccc1S(=O)(=O)O. The quantitative estimate of drug-likeness (QED) is 0.109. The Hall–Kier alpha value is -6.79. The first kappa shape index (κ1) is 38.7. The summed E-state index contributed by atoms with van der Waals surface area (Å²) in [6, 6.07) is 34.7. The number of H-pyrrole nitrogens is 4. The molecule has 0 atom stereocenters. The first-order valence-corrected chi connectivity index (χ1v) is 22.5. The summed E-state index contributed by atoms with van der Waals surface area (Å²) in [6.07, 6.45) is 5.78. The molecule has 0 fully saturated rings. The smallest absolute Gasteiger partial charge is 0.295 e.